The third-order valence-corrected chi connectivity index (χ3v) is 10.3. The lowest BCUT2D eigenvalue weighted by Gasteiger charge is -2.42. The number of carbonyl (C=O) groups excluding carboxylic acids is 1. The van der Waals surface area contributed by atoms with Crippen LogP contribution in [-0.4, -0.2) is 68.6 Å². The molecule has 0 radical (unpaired) electrons. The number of alkyl halides is 4. The average Bonchev–Trinajstić information content (AvgIpc) is 3.27. The van der Waals surface area contributed by atoms with Gasteiger partial charge in [-0.1, -0.05) is 32.0 Å². The molecule has 1 amide bonds. The van der Waals surface area contributed by atoms with Gasteiger partial charge in [0.05, 0.1) is 34.4 Å². The highest BCUT2D eigenvalue weighted by Gasteiger charge is 2.45. The Labute approximate surface area is 288 Å². The Balaban J connectivity index is 1.80. The molecule has 0 bridgehead atoms. The van der Waals surface area contributed by atoms with Crippen LogP contribution in [-0.2, 0) is 23.8 Å². The lowest BCUT2D eigenvalue weighted by Crippen LogP contribution is -2.54. The summed E-state index contributed by atoms with van der Waals surface area (Å²) in [5.74, 6) is -1.78. The highest BCUT2D eigenvalue weighted by Crippen LogP contribution is 2.44. The van der Waals surface area contributed by atoms with Gasteiger partial charge in [0, 0.05) is 56.3 Å². The maximum Gasteiger partial charge on any atom is 0.431 e. The van der Waals surface area contributed by atoms with E-state index in [1.807, 2.05) is 13.8 Å². The number of fused-ring (bicyclic) bond motifs is 5. The molecule has 49 heavy (non-hydrogen) atoms. The minimum Gasteiger partial charge on any atom is -0.486 e. The third kappa shape index (κ3) is 5.71. The first kappa shape index (κ1) is 35.0. The van der Waals surface area contributed by atoms with Crippen LogP contribution in [0.3, 0.4) is 0 Å². The van der Waals surface area contributed by atoms with E-state index in [1.54, 1.807) is 9.80 Å². The average molecular weight is 726 g/mol. The van der Waals surface area contributed by atoms with Gasteiger partial charge >= 0.3 is 6.18 Å². The Morgan fingerprint density at radius 1 is 1.14 bits per heavy atom. The molecule has 3 aromatic heterocycles. The minimum absolute atomic E-state index is 0.00832. The molecule has 262 valence electrons. The van der Waals surface area contributed by atoms with Gasteiger partial charge in [0.1, 0.15) is 23.1 Å². The first-order valence-corrected chi connectivity index (χ1v) is 16.7. The molecule has 16 heteroatoms. The summed E-state index contributed by atoms with van der Waals surface area (Å²) in [5, 5.41) is -1.79. The fourth-order valence-electron chi connectivity index (χ4n) is 7.15. The van der Waals surface area contributed by atoms with Crippen molar-refractivity contribution in [2.75, 3.05) is 31.1 Å². The molecule has 0 saturated carbocycles. The van der Waals surface area contributed by atoms with Gasteiger partial charge in [-0.3, -0.25) is 28.5 Å². The lowest BCUT2D eigenvalue weighted by atomic mass is 9.94. The van der Waals surface area contributed by atoms with Crippen molar-refractivity contribution in [1.29, 1.82) is 0 Å². The highest BCUT2D eigenvalue weighted by atomic mass is 35.5. The molecule has 0 spiro atoms. The van der Waals surface area contributed by atoms with E-state index in [2.05, 4.69) is 11.6 Å². The predicted molar refractivity (Wildman–Crippen MR) is 179 cm³/mol. The maximum absolute atomic E-state index is 15.9. The number of aromatic nitrogens is 3. The quantitative estimate of drug-likeness (QED) is 0.224. The van der Waals surface area contributed by atoms with Crippen LogP contribution in [0.25, 0.3) is 16.6 Å². The molecule has 2 aliphatic heterocycles. The van der Waals surface area contributed by atoms with Gasteiger partial charge in [-0.25, -0.2) is 4.39 Å². The van der Waals surface area contributed by atoms with Crippen molar-refractivity contribution in [3.63, 3.8) is 0 Å². The minimum atomic E-state index is -5.20. The van der Waals surface area contributed by atoms with Crippen molar-refractivity contribution in [3.8, 4) is 11.4 Å². The van der Waals surface area contributed by atoms with Crippen molar-refractivity contribution in [2.24, 2.45) is 5.73 Å². The van der Waals surface area contributed by atoms with Gasteiger partial charge in [-0.2, -0.15) is 13.2 Å². The Bertz CT molecular complexity index is 1990. The number of nitrogens with two attached hydrogens (primary N) is 1. The summed E-state index contributed by atoms with van der Waals surface area (Å²) in [6.45, 7) is 7.64. The van der Waals surface area contributed by atoms with Gasteiger partial charge in [0.25, 0.3) is 11.1 Å². The number of ether oxygens (including phenoxy) is 1. The second-order valence-corrected chi connectivity index (χ2v) is 13.3. The van der Waals surface area contributed by atoms with Gasteiger partial charge in [0.15, 0.2) is 0 Å². The van der Waals surface area contributed by atoms with Gasteiger partial charge in [-0.05, 0) is 36.1 Å². The number of amides is 1. The molecule has 1 fully saturated rings. The molecule has 4 atom stereocenters. The summed E-state index contributed by atoms with van der Waals surface area (Å²) in [7, 11) is 0. The summed E-state index contributed by atoms with van der Waals surface area (Å²) in [5.41, 5.74) is 3.52. The maximum atomic E-state index is 15.9. The van der Waals surface area contributed by atoms with E-state index in [0.717, 1.165) is 10.6 Å². The number of anilines is 1. The molecule has 1 saturated heterocycles. The van der Waals surface area contributed by atoms with E-state index < -0.39 is 62.9 Å². The molecule has 2 unspecified atom stereocenters. The van der Waals surface area contributed by atoms with Crippen LogP contribution < -0.4 is 26.5 Å². The van der Waals surface area contributed by atoms with E-state index in [1.165, 1.54) is 18.5 Å². The zero-order valence-electron chi connectivity index (χ0n) is 26.7. The Morgan fingerprint density at radius 3 is 2.43 bits per heavy atom. The molecular formula is C33H34Cl2F4N6O4. The fourth-order valence-corrected chi connectivity index (χ4v) is 7.80. The summed E-state index contributed by atoms with van der Waals surface area (Å²) < 4.78 is 68.6. The molecule has 5 heterocycles. The van der Waals surface area contributed by atoms with Crippen LogP contribution in [0.4, 0.5) is 23.2 Å². The number of nitrogens with zero attached hydrogens (tertiary/aromatic N) is 5. The fraction of sp³-hybridized carbons (Fsp3) is 0.455. The highest BCUT2D eigenvalue weighted by molar-refractivity contribution is 6.31. The molecule has 10 nitrogen and oxygen atoms in total. The lowest BCUT2D eigenvalue weighted by molar-refractivity contribution is -0.144. The van der Waals surface area contributed by atoms with E-state index in [9.17, 15) is 14.4 Å². The molecule has 2 N–H and O–H groups in total. The first-order chi connectivity index (χ1) is 23.2. The number of hydrogen-bond donors (Lipinski definition) is 1. The SMILES string of the molecule is C=CC(=O)N1CCN2c3c(c(=O)n(-c4c(CC)cncc4CC)c4c(=O)n(C5C(F)=C(Cl)CC(Cl)[C@H]5N)c(C(F)(F)F)cc34)OCC[C@H]2C1. The summed E-state index contributed by atoms with van der Waals surface area (Å²) in [6.07, 6.45) is -0.208. The number of hydrogen-bond acceptors (Lipinski definition) is 7. The van der Waals surface area contributed by atoms with Crippen LogP contribution in [0, 0.1) is 0 Å². The van der Waals surface area contributed by atoms with Crippen molar-refractivity contribution in [1.82, 2.24) is 19.0 Å². The number of rotatable bonds is 5. The third-order valence-electron chi connectivity index (χ3n) is 9.56. The summed E-state index contributed by atoms with van der Waals surface area (Å²) in [4.78, 5) is 49.7. The summed E-state index contributed by atoms with van der Waals surface area (Å²) >= 11 is 12.5. The van der Waals surface area contributed by atoms with Crippen LogP contribution >= 0.6 is 23.2 Å². The van der Waals surface area contributed by atoms with Crippen LogP contribution in [0.1, 0.15) is 49.6 Å². The number of piperazine rings is 1. The molecule has 1 aliphatic carbocycles. The number of halogens is 6. The predicted octanol–water partition coefficient (Wildman–Crippen LogP) is 4.98. The topological polar surface area (TPSA) is 116 Å². The number of carbonyl (C=O) groups is 1. The van der Waals surface area contributed by atoms with Crippen LogP contribution in [0.5, 0.6) is 5.75 Å². The number of pyridine rings is 3. The molecule has 3 aliphatic rings. The second kappa shape index (κ2) is 13.1. The van der Waals surface area contributed by atoms with Crippen molar-refractivity contribution in [2.45, 2.75) is 69.2 Å². The van der Waals surface area contributed by atoms with E-state index in [0.29, 0.717) is 30.4 Å². The Kier molecular flexibility index (Phi) is 9.35. The zero-order chi connectivity index (χ0) is 35.5. The van der Waals surface area contributed by atoms with E-state index in [4.69, 9.17) is 33.7 Å². The smallest absolute Gasteiger partial charge is 0.431 e. The zero-order valence-corrected chi connectivity index (χ0v) is 28.2. The van der Waals surface area contributed by atoms with Crippen LogP contribution in [0.15, 0.2) is 51.6 Å². The second-order valence-electron chi connectivity index (χ2n) is 12.3. The van der Waals surface area contributed by atoms with Gasteiger partial charge in [0.2, 0.25) is 11.7 Å². The van der Waals surface area contributed by atoms with Crippen molar-refractivity contribution >= 4 is 45.7 Å². The van der Waals surface area contributed by atoms with Gasteiger partial charge < -0.3 is 20.3 Å². The standard InChI is InChI=1S/C33H34Cl2F4N6O4/c1-4-16-13-41-14-17(5-2)26(16)45-28-19(27-30(32(45)48)49-10-7-18-15-42(23(46)6-3)8-9-43(18)27)11-22(33(37,38)39)44(31(28)47)29-24(36)20(34)12-21(35)25(29)40/h6,11,13-14,18,21,25,29H,3-5,7-10,12,15,40H2,1-2H3/t18-,21?,25+,29?/m0/s1. The van der Waals surface area contributed by atoms with Gasteiger partial charge in [-0.15, -0.1) is 11.6 Å². The van der Waals surface area contributed by atoms with E-state index in [-0.39, 0.29) is 65.6 Å². The number of allylic oxidation sites excluding steroid dienone is 1. The molecular weight excluding hydrogens is 691 g/mol. The van der Waals surface area contributed by atoms with E-state index >= 15 is 17.6 Å². The molecule has 6 rings (SSSR count). The van der Waals surface area contributed by atoms with Crippen molar-refractivity contribution < 1.29 is 27.1 Å². The summed E-state index contributed by atoms with van der Waals surface area (Å²) in [6, 6.07) is -3.24. The first-order valence-electron chi connectivity index (χ1n) is 15.9. The Hall–Kier alpha value is -3.88. The monoisotopic (exact) mass is 724 g/mol. The van der Waals surface area contributed by atoms with Crippen LogP contribution in [0.2, 0.25) is 0 Å². The normalized spacial score (nSPS) is 22.8. The van der Waals surface area contributed by atoms with Crippen molar-refractivity contribution in [3.05, 3.63) is 79.5 Å². The number of aryl methyl sites for hydroxylation is 2. The molecule has 3 aromatic rings. The Morgan fingerprint density at radius 2 is 1.82 bits per heavy atom. The molecule has 0 aromatic carbocycles. The largest absolute Gasteiger partial charge is 0.486 e.